The molecule has 3 rings (SSSR count). The van der Waals surface area contributed by atoms with Gasteiger partial charge >= 0.3 is 0 Å². The van der Waals surface area contributed by atoms with Gasteiger partial charge in [-0.1, -0.05) is 0 Å². The fraction of sp³-hybridized carbons (Fsp3) is 0.600. The highest BCUT2D eigenvalue weighted by Gasteiger charge is 2.40. The van der Waals surface area contributed by atoms with E-state index in [0.29, 0.717) is 5.88 Å². The molecule has 0 atom stereocenters. The van der Waals surface area contributed by atoms with Crippen molar-refractivity contribution in [3.05, 3.63) is 6.33 Å². The van der Waals surface area contributed by atoms with Gasteiger partial charge < -0.3 is 15.4 Å². The third kappa shape index (κ3) is 1.22. The van der Waals surface area contributed by atoms with Crippen molar-refractivity contribution in [1.29, 1.82) is 0 Å². The van der Waals surface area contributed by atoms with Gasteiger partial charge in [-0.25, -0.2) is 4.98 Å². The van der Waals surface area contributed by atoms with E-state index in [2.05, 4.69) is 20.6 Å². The third-order valence-corrected chi connectivity index (χ3v) is 3.30. The standard InChI is InChI=1S/C10H14N4O/c1-15-9-7-8(12-6-13-9)14-10(5-11-7)3-2-4-10/h6,11H,2-5H2,1H3,(H,12,13,14). The predicted molar refractivity (Wildman–Crippen MR) is 57.3 cm³/mol. The molecule has 5 nitrogen and oxygen atoms in total. The smallest absolute Gasteiger partial charge is 0.242 e. The van der Waals surface area contributed by atoms with Crippen LogP contribution >= 0.6 is 0 Å². The minimum Gasteiger partial charge on any atom is -0.479 e. The molecule has 0 unspecified atom stereocenters. The Morgan fingerprint density at radius 2 is 2.27 bits per heavy atom. The fourth-order valence-electron chi connectivity index (χ4n) is 2.24. The summed E-state index contributed by atoms with van der Waals surface area (Å²) in [7, 11) is 1.62. The van der Waals surface area contributed by atoms with E-state index in [4.69, 9.17) is 4.74 Å². The molecule has 1 aliphatic carbocycles. The molecule has 15 heavy (non-hydrogen) atoms. The topological polar surface area (TPSA) is 59.1 Å². The first kappa shape index (κ1) is 8.76. The molecule has 0 aromatic carbocycles. The van der Waals surface area contributed by atoms with E-state index >= 15 is 0 Å². The SMILES string of the molecule is COc1ncnc2c1NCC1(CCC1)N2. The molecular formula is C10H14N4O. The van der Waals surface area contributed by atoms with Crippen molar-refractivity contribution < 1.29 is 4.74 Å². The summed E-state index contributed by atoms with van der Waals surface area (Å²) in [5.74, 6) is 1.48. The van der Waals surface area contributed by atoms with Gasteiger partial charge in [0, 0.05) is 6.54 Å². The second kappa shape index (κ2) is 2.98. The Kier molecular flexibility index (Phi) is 1.74. The Bertz CT molecular complexity index is 389. The van der Waals surface area contributed by atoms with Crippen LogP contribution in [-0.2, 0) is 0 Å². The summed E-state index contributed by atoms with van der Waals surface area (Å²) in [6.45, 7) is 0.934. The Morgan fingerprint density at radius 3 is 2.93 bits per heavy atom. The predicted octanol–water partition coefficient (Wildman–Crippen LogP) is 1.25. The van der Waals surface area contributed by atoms with Crippen LogP contribution in [0.5, 0.6) is 5.88 Å². The van der Waals surface area contributed by atoms with Crippen LogP contribution in [-0.4, -0.2) is 29.2 Å². The average Bonchev–Trinajstić information content (AvgIpc) is 2.25. The normalized spacial score (nSPS) is 20.9. The molecule has 1 spiro atoms. The number of nitrogens with one attached hydrogen (secondary N) is 2. The van der Waals surface area contributed by atoms with Gasteiger partial charge in [0.1, 0.15) is 12.0 Å². The zero-order chi connectivity index (χ0) is 10.3. The van der Waals surface area contributed by atoms with Crippen molar-refractivity contribution >= 4 is 11.5 Å². The van der Waals surface area contributed by atoms with Gasteiger partial charge in [-0.2, -0.15) is 4.98 Å². The molecule has 0 radical (unpaired) electrons. The van der Waals surface area contributed by atoms with Crippen molar-refractivity contribution in [1.82, 2.24) is 9.97 Å². The highest BCUT2D eigenvalue weighted by Crippen LogP contribution is 2.42. The van der Waals surface area contributed by atoms with Crippen LogP contribution in [0, 0.1) is 0 Å². The Balaban J connectivity index is 1.96. The van der Waals surface area contributed by atoms with Crippen molar-refractivity contribution in [2.24, 2.45) is 0 Å². The first-order valence-electron chi connectivity index (χ1n) is 5.24. The minimum atomic E-state index is 0.229. The molecule has 2 aliphatic rings. The molecule has 5 heteroatoms. The molecular weight excluding hydrogens is 192 g/mol. The van der Waals surface area contributed by atoms with Crippen molar-refractivity contribution in [3.8, 4) is 5.88 Å². The maximum Gasteiger partial charge on any atom is 0.242 e. The fourth-order valence-corrected chi connectivity index (χ4v) is 2.24. The molecule has 2 heterocycles. The van der Waals surface area contributed by atoms with Crippen LogP contribution < -0.4 is 15.4 Å². The first-order chi connectivity index (χ1) is 7.33. The summed E-state index contributed by atoms with van der Waals surface area (Å²) in [6.07, 6.45) is 5.26. The summed E-state index contributed by atoms with van der Waals surface area (Å²) in [5, 5.41) is 6.85. The minimum absolute atomic E-state index is 0.229. The molecule has 0 bridgehead atoms. The lowest BCUT2D eigenvalue weighted by Crippen LogP contribution is -2.53. The lowest BCUT2D eigenvalue weighted by Gasteiger charge is -2.46. The summed E-state index contributed by atoms with van der Waals surface area (Å²) < 4.78 is 5.18. The number of rotatable bonds is 1. The van der Waals surface area contributed by atoms with Crippen LogP contribution in [0.2, 0.25) is 0 Å². The monoisotopic (exact) mass is 206 g/mol. The summed E-state index contributed by atoms with van der Waals surface area (Å²) in [6, 6.07) is 0. The summed E-state index contributed by atoms with van der Waals surface area (Å²) >= 11 is 0. The molecule has 1 saturated carbocycles. The van der Waals surface area contributed by atoms with Gasteiger partial charge in [0.15, 0.2) is 5.82 Å². The summed E-state index contributed by atoms with van der Waals surface area (Å²) in [4.78, 5) is 8.31. The van der Waals surface area contributed by atoms with Crippen LogP contribution in [0.25, 0.3) is 0 Å². The number of nitrogens with zero attached hydrogens (tertiary/aromatic N) is 2. The highest BCUT2D eigenvalue weighted by atomic mass is 16.5. The Labute approximate surface area is 88.3 Å². The van der Waals surface area contributed by atoms with Crippen LogP contribution in [0.1, 0.15) is 19.3 Å². The van der Waals surface area contributed by atoms with E-state index in [0.717, 1.165) is 18.1 Å². The second-order valence-corrected chi connectivity index (χ2v) is 4.22. The maximum atomic E-state index is 5.18. The number of aromatic nitrogens is 2. The molecule has 0 amide bonds. The van der Waals surface area contributed by atoms with Crippen molar-refractivity contribution in [3.63, 3.8) is 0 Å². The third-order valence-electron chi connectivity index (χ3n) is 3.30. The van der Waals surface area contributed by atoms with Gasteiger partial charge in [-0.15, -0.1) is 0 Å². The molecule has 2 N–H and O–H groups in total. The molecule has 1 fully saturated rings. The zero-order valence-electron chi connectivity index (χ0n) is 8.71. The number of hydrogen-bond donors (Lipinski definition) is 2. The second-order valence-electron chi connectivity index (χ2n) is 4.22. The molecule has 0 saturated heterocycles. The lowest BCUT2D eigenvalue weighted by atomic mass is 9.76. The van der Waals surface area contributed by atoms with E-state index in [1.807, 2.05) is 0 Å². The highest BCUT2D eigenvalue weighted by molar-refractivity contribution is 5.73. The Morgan fingerprint density at radius 1 is 1.40 bits per heavy atom. The molecule has 80 valence electrons. The quantitative estimate of drug-likeness (QED) is 0.724. The van der Waals surface area contributed by atoms with Crippen LogP contribution in [0.4, 0.5) is 11.5 Å². The number of ether oxygens (including phenoxy) is 1. The van der Waals surface area contributed by atoms with Gasteiger partial charge in [0.25, 0.3) is 0 Å². The van der Waals surface area contributed by atoms with E-state index in [9.17, 15) is 0 Å². The van der Waals surface area contributed by atoms with E-state index in [-0.39, 0.29) is 5.54 Å². The number of fused-ring (bicyclic) bond motifs is 1. The van der Waals surface area contributed by atoms with E-state index < -0.39 is 0 Å². The van der Waals surface area contributed by atoms with Crippen molar-refractivity contribution in [2.75, 3.05) is 24.3 Å². The van der Waals surface area contributed by atoms with Gasteiger partial charge in [0.05, 0.1) is 12.6 Å². The van der Waals surface area contributed by atoms with Gasteiger partial charge in [-0.3, -0.25) is 0 Å². The Hall–Kier alpha value is -1.52. The van der Waals surface area contributed by atoms with Crippen molar-refractivity contribution in [2.45, 2.75) is 24.8 Å². The van der Waals surface area contributed by atoms with E-state index in [1.54, 1.807) is 7.11 Å². The van der Waals surface area contributed by atoms with Gasteiger partial charge in [0.2, 0.25) is 5.88 Å². The largest absolute Gasteiger partial charge is 0.479 e. The van der Waals surface area contributed by atoms with E-state index in [1.165, 1.54) is 25.6 Å². The molecule has 1 aromatic heterocycles. The van der Waals surface area contributed by atoms with Crippen LogP contribution in [0.15, 0.2) is 6.33 Å². The van der Waals surface area contributed by atoms with Gasteiger partial charge in [-0.05, 0) is 19.3 Å². The molecule has 1 aliphatic heterocycles. The number of anilines is 2. The van der Waals surface area contributed by atoms with Crippen LogP contribution in [0.3, 0.4) is 0 Å². The zero-order valence-corrected chi connectivity index (χ0v) is 8.71. The maximum absolute atomic E-state index is 5.18. The average molecular weight is 206 g/mol. The number of hydrogen-bond acceptors (Lipinski definition) is 5. The molecule has 1 aromatic rings. The summed E-state index contributed by atoms with van der Waals surface area (Å²) in [5.41, 5.74) is 1.12. The first-order valence-corrected chi connectivity index (χ1v) is 5.24. The number of methoxy groups -OCH3 is 1. The lowest BCUT2D eigenvalue weighted by molar-refractivity contribution is 0.288.